The number of benzene rings is 1. The van der Waals surface area contributed by atoms with E-state index in [0.717, 1.165) is 28.7 Å². The number of nitrogens with zero attached hydrogens (tertiary/aromatic N) is 2. The summed E-state index contributed by atoms with van der Waals surface area (Å²) in [6.07, 6.45) is 3.49. The van der Waals surface area contributed by atoms with Crippen LogP contribution in [0.15, 0.2) is 49.6 Å². The van der Waals surface area contributed by atoms with Gasteiger partial charge in [-0.05, 0) is 25.5 Å². The number of aryl methyl sites for hydroxylation is 2. The summed E-state index contributed by atoms with van der Waals surface area (Å²) in [5, 5.41) is 1.14. The molecule has 2 aromatic rings. The van der Waals surface area contributed by atoms with Gasteiger partial charge in [-0.15, -0.1) is 13.2 Å². The van der Waals surface area contributed by atoms with E-state index in [1.807, 2.05) is 19.1 Å². The molecule has 3 heteroatoms. The second-order valence-electron chi connectivity index (χ2n) is 5.02. The van der Waals surface area contributed by atoms with E-state index in [1.165, 1.54) is 0 Å². The molecule has 0 spiro atoms. The van der Waals surface area contributed by atoms with Gasteiger partial charge in [0.15, 0.2) is 0 Å². The number of amides is 1. The quantitative estimate of drug-likeness (QED) is 0.740. The van der Waals surface area contributed by atoms with Crippen molar-refractivity contribution in [2.24, 2.45) is 0 Å². The zero-order valence-electron chi connectivity index (χ0n) is 12.8. The molecule has 0 saturated heterocycles. The lowest BCUT2D eigenvalue weighted by Crippen LogP contribution is -2.33. The minimum absolute atomic E-state index is 0.0327. The first-order chi connectivity index (χ1) is 10.2. The van der Waals surface area contributed by atoms with Crippen molar-refractivity contribution in [3.63, 3.8) is 0 Å². The van der Waals surface area contributed by atoms with Crippen molar-refractivity contribution in [1.82, 2.24) is 9.47 Å². The number of fused-ring (bicyclic) bond motifs is 1. The molecule has 0 aliphatic heterocycles. The Bertz CT molecular complexity index is 672. The highest BCUT2D eigenvalue weighted by Gasteiger charge is 2.22. The number of para-hydroxylation sites is 1. The summed E-state index contributed by atoms with van der Waals surface area (Å²) >= 11 is 0. The van der Waals surface area contributed by atoms with Gasteiger partial charge in [-0.25, -0.2) is 0 Å². The van der Waals surface area contributed by atoms with E-state index in [9.17, 15) is 4.79 Å². The van der Waals surface area contributed by atoms with Gasteiger partial charge in [-0.3, -0.25) is 4.79 Å². The number of hydrogen-bond acceptors (Lipinski definition) is 1. The summed E-state index contributed by atoms with van der Waals surface area (Å²) in [4.78, 5) is 14.7. The molecule has 1 aromatic carbocycles. The number of hydrogen-bond donors (Lipinski definition) is 0. The monoisotopic (exact) mass is 282 g/mol. The van der Waals surface area contributed by atoms with Crippen LogP contribution in [0.2, 0.25) is 0 Å². The second-order valence-corrected chi connectivity index (χ2v) is 5.02. The lowest BCUT2D eigenvalue weighted by atomic mass is 10.1. The molecule has 1 aromatic heterocycles. The Morgan fingerprint density at radius 1 is 1.24 bits per heavy atom. The van der Waals surface area contributed by atoms with E-state index in [-0.39, 0.29) is 5.91 Å². The third-order valence-electron chi connectivity index (χ3n) is 3.73. The zero-order valence-corrected chi connectivity index (χ0v) is 12.8. The first kappa shape index (κ1) is 15.1. The van der Waals surface area contributed by atoms with E-state index < -0.39 is 0 Å². The number of carbonyl (C=O) groups excluding carboxylic acids is 1. The molecule has 1 amide bonds. The third kappa shape index (κ3) is 2.64. The molecular weight excluding hydrogens is 260 g/mol. The van der Waals surface area contributed by atoms with Crippen molar-refractivity contribution < 1.29 is 4.79 Å². The lowest BCUT2D eigenvalue weighted by Gasteiger charge is -2.21. The van der Waals surface area contributed by atoms with Crippen LogP contribution in [-0.2, 0) is 6.54 Å². The predicted molar refractivity (Wildman–Crippen MR) is 88.6 cm³/mol. The van der Waals surface area contributed by atoms with Crippen LogP contribution < -0.4 is 0 Å². The van der Waals surface area contributed by atoms with Crippen molar-refractivity contribution in [3.8, 4) is 0 Å². The minimum atomic E-state index is 0.0327. The van der Waals surface area contributed by atoms with E-state index in [2.05, 4.69) is 36.8 Å². The minimum Gasteiger partial charge on any atom is -0.337 e. The topological polar surface area (TPSA) is 25.2 Å². The van der Waals surface area contributed by atoms with Crippen molar-refractivity contribution >= 4 is 16.8 Å². The number of aromatic nitrogens is 1. The maximum atomic E-state index is 12.9. The Morgan fingerprint density at radius 2 is 1.86 bits per heavy atom. The highest BCUT2D eigenvalue weighted by Crippen LogP contribution is 2.26. The fraction of sp³-hybridized carbons (Fsp3) is 0.278. The summed E-state index contributed by atoms with van der Waals surface area (Å²) < 4.78 is 2.09. The first-order valence-electron chi connectivity index (χ1n) is 7.24. The standard InChI is InChI=1S/C18H22N2O/c1-5-12-19(13-6-2)18(21)17-14(4)15-10-8-9-11-16(15)20(17)7-3/h5-6,8-11H,1-2,7,12-13H2,3-4H3. The van der Waals surface area contributed by atoms with E-state index in [0.29, 0.717) is 13.1 Å². The Balaban J connectivity index is 2.59. The molecule has 0 atom stereocenters. The molecule has 0 N–H and O–H groups in total. The predicted octanol–water partition coefficient (Wildman–Crippen LogP) is 3.78. The molecule has 1 heterocycles. The fourth-order valence-electron chi connectivity index (χ4n) is 2.78. The molecule has 110 valence electrons. The fourth-order valence-corrected chi connectivity index (χ4v) is 2.78. The van der Waals surface area contributed by atoms with Gasteiger partial charge in [0.25, 0.3) is 5.91 Å². The van der Waals surface area contributed by atoms with E-state index in [4.69, 9.17) is 0 Å². The van der Waals surface area contributed by atoms with Crippen LogP contribution in [0, 0.1) is 6.92 Å². The number of carbonyl (C=O) groups is 1. The molecule has 0 fully saturated rings. The smallest absolute Gasteiger partial charge is 0.271 e. The molecule has 2 rings (SSSR count). The van der Waals surface area contributed by atoms with Crippen LogP contribution in [0.25, 0.3) is 10.9 Å². The van der Waals surface area contributed by atoms with Crippen LogP contribution in [0.3, 0.4) is 0 Å². The van der Waals surface area contributed by atoms with Gasteiger partial charge >= 0.3 is 0 Å². The highest BCUT2D eigenvalue weighted by atomic mass is 16.2. The number of rotatable bonds is 6. The average molecular weight is 282 g/mol. The summed E-state index contributed by atoms with van der Waals surface area (Å²) in [6, 6.07) is 8.15. The molecule has 0 aliphatic carbocycles. The second kappa shape index (κ2) is 6.44. The van der Waals surface area contributed by atoms with Gasteiger partial charge in [0.05, 0.1) is 0 Å². The van der Waals surface area contributed by atoms with Crippen molar-refractivity contribution in [2.45, 2.75) is 20.4 Å². The third-order valence-corrected chi connectivity index (χ3v) is 3.73. The molecule has 3 nitrogen and oxygen atoms in total. The largest absolute Gasteiger partial charge is 0.337 e. The lowest BCUT2D eigenvalue weighted by molar-refractivity contribution is 0.0780. The Labute approximate surface area is 126 Å². The van der Waals surface area contributed by atoms with Crippen LogP contribution in [0.5, 0.6) is 0 Å². The van der Waals surface area contributed by atoms with Crippen molar-refractivity contribution in [3.05, 3.63) is 60.8 Å². The van der Waals surface area contributed by atoms with Gasteiger partial charge in [0, 0.05) is 30.5 Å². The zero-order chi connectivity index (χ0) is 15.4. The maximum absolute atomic E-state index is 12.9. The molecule has 0 aliphatic rings. The molecule has 0 bridgehead atoms. The van der Waals surface area contributed by atoms with Gasteiger partial charge in [0.1, 0.15) is 5.69 Å². The van der Waals surface area contributed by atoms with Crippen LogP contribution in [0.1, 0.15) is 23.0 Å². The SMILES string of the molecule is C=CCN(CC=C)C(=O)c1c(C)c2ccccc2n1CC. The van der Waals surface area contributed by atoms with Gasteiger partial charge < -0.3 is 9.47 Å². The van der Waals surface area contributed by atoms with Crippen molar-refractivity contribution in [1.29, 1.82) is 0 Å². The summed E-state index contributed by atoms with van der Waals surface area (Å²) in [7, 11) is 0. The Kier molecular flexibility index (Phi) is 4.63. The van der Waals surface area contributed by atoms with E-state index >= 15 is 0 Å². The van der Waals surface area contributed by atoms with Gasteiger partial charge in [-0.1, -0.05) is 30.4 Å². The molecule has 0 unspecified atom stereocenters. The van der Waals surface area contributed by atoms with Gasteiger partial charge in [-0.2, -0.15) is 0 Å². The molecule has 21 heavy (non-hydrogen) atoms. The maximum Gasteiger partial charge on any atom is 0.271 e. The van der Waals surface area contributed by atoms with Gasteiger partial charge in [0.2, 0.25) is 0 Å². The normalized spacial score (nSPS) is 10.6. The Hall–Kier alpha value is -2.29. The summed E-state index contributed by atoms with van der Waals surface area (Å²) in [5.74, 6) is 0.0327. The van der Waals surface area contributed by atoms with Crippen LogP contribution >= 0.6 is 0 Å². The summed E-state index contributed by atoms with van der Waals surface area (Å²) in [6.45, 7) is 13.4. The molecule has 0 radical (unpaired) electrons. The van der Waals surface area contributed by atoms with Crippen LogP contribution in [0.4, 0.5) is 0 Å². The molecule has 0 saturated carbocycles. The Morgan fingerprint density at radius 3 is 2.43 bits per heavy atom. The molecular formula is C18H22N2O. The highest BCUT2D eigenvalue weighted by molar-refractivity contribution is 6.01. The van der Waals surface area contributed by atoms with Crippen molar-refractivity contribution in [2.75, 3.05) is 13.1 Å². The van der Waals surface area contributed by atoms with Crippen LogP contribution in [-0.4, -0.2) is 28.5 Å². The van der Waals surface area contributed by atoms with E-state index in [1.54, 1.807) is 17.1 Å². The summed E-state index contributed by atoms with van der Waals surface area (Å²) in [5.41, 5.74) is 2.91. The first-order valence-corrected chi connectivity index (χ1v) is 7.24. The average Bonchev–Trinajstić information content (AvgIpc) is 2.79.